The number of rotatable bonds is 4. The van der Waals surface area contributed by atoms with Crippen molar-refractivity contribution in [3.63, 3.8) is 0 Å². The van der Waals surface area contributed by atoms with Crippen molar-refractivity contribution in [2.75, 3.05) is 13.2 Å². The van der Waals surface area contributed by atoms with Crippen molar-refractivity contribution in [3.8, 4) is 5.75 Å². The molecule has 0 saturated carbocycles. The molecule has 0 aliphatic carbocycles. The van der Waals surface area contributed by atoms with Gasteiger partial charge in [-0.05, 0) is 22.9 Å². The quantitative estimate of drug-likeness (QED) is 0.444. The van der Waals surface area contributed by atoms with E-state index in [9.17, 15) is 4.79 Å². The fraction of sp³-hybridized carbons (Fsp3) is 0.154. The molecule has 0 aliphatic heterocycles. The maximum Gasteiger partial charge on any atom is 0.235 e. The van der Waals surface area contributed by atoms with Crippen LogP contribution in [-0.4, -0.2) is 19.2 Å². The summed E-state index contributed by atoms with van der Waals surface area (Å²) in [7, 11) is 0. The topological polar surface area (TPSA) is 38.7 Å². The van der Waals surface area contributed by atoms with E-state index in [1.807, 2.05) is 36.4 Å². The van der Waals surface area contributed by atoms with Gasteiger partial charge in [0.15, 0.2) is 0 Å². The molecule has 0 bridgehead atoms. The Morgan fingerprint density at radius 3 is 2.75 bits per heavy atom. The van der Waals surface area contributed by atoms with Gasteiger partial charge in [0.25, 0.3) is 0 Å². The Hall–Kier alpha value is -2.12. The normalized spacial score (nSPS) is 9.75. The second-order valence-corrected chi connectivity index (χ2v) is 3.33. The first-order valence-electron chi connectivity index (χ1n) is 5.05. The lowest BCUT2D eigenvalue weighted by Crippen LogP contribution is -2.00. The molecule has 0 spiro atoms. The molecule has 0 aliphatic rings. The first-order valence-corrected chi connectivity index (χ1v) is 5.05. The van der Waals surface area contributed by atoms with Gasteiger partial charge in [0, 0.05) is 0 Å². The molecule has 0 N–H and O–H groups in total. The van der Waals surface area contributed by atoms with Crippen LogP contribution in [0.4, 0.5) is 0 Å². The molecule has 0 amide bonds. The van der Waals surface area contributed by atoms with E-state index in [-0.39, 0.29) is 0 Å². The standard InChI is InChI=1S/C13H11NO2/c15-10-14-7-8-16-13-6-5-11-3-1-2-4-12(11)9-13/h1-6,9H,7-8H2. The number of aliphatic imine (C=N–C) groups is 1. The Bertz CT molecular complexity index is 530. The van der Waals surface area contributed by atoms with Crippen molar-refractivity contribution >= 4 is 16.9 Å². The fourth-order valence-electron chi connectivity index (χ4n) is 1.51. The van der Waals surface area contributed by atoms with Crippen LogP contribution in [0.1, 0.15) is 0 Å². The zero-order chi connectivity index (χ0) is 11.2. The molecule has 2 aromatic rings. The number of isocyanates is 1. The summed E-state index contributed by atoms with van der Waals surface area (Å²) in [5.74, 6) is 0.791. The molecule has 0 unspecified atom stereocenters. The van der Waals surface area contributed by atoms with Crippen LogP contribution in [0.2, 0.25) is 0 Å². The van der Waals surface area contributed by atoms with Gasteiger partial charge in [-0.3, -0.25) is 0 Å². The van der Waals surface area contributed by atoms with Gasteiger partial charge in [-0.1, -0.05) is 30.3 Å². The number of hydrogen-bond donors (Lipinski definition) is 0. The van der Waals surface area contributed by atoms with Gasteiger partial charge in [-0.2, -0.15) is 0 Å². The summed E-state index contributed by atoms with van der Waals surface area (Å²) >= 11 is 0. The van der Waals surface area contributed by atoms with Crippen molar-refractivity contribution in [1.82, 2.24) is 0 Å². The number of nitrogens with zero attached hydrogens (tertiary/aromatic N) is 1. The van der Waals surface area contributed by atoms with E-state index in [0.29, 0.717) is 13.2 Å². The lowest BCUT2D eigenvalue weighted by atomic mass is 10.1. The zero-order valence-corrected chi connectivity index (χ0v) is 8.72. The lowest BCUT2D eigenvalue weighted by molar-refractivity contribution is 0.329. The third-order valence-corrected chi connectivity index (χ3v) is 2.26. The molecule has 2 aromatic carbocycles. The maximum atomic E-state index is 9.84. The minimum atomic E-state index is 0.344. The minimum absolute atomic E-state index is 0.344. The zero-order valence-electron chi connectivity index (χ0n) is 8.72. The second-order valence-electron chi connectivity index (χ2n) is 3.33. The summed E-state index contributed by atoms with van der Waals surface area (Å²) < 4.78 is 5.44. The van der Waals surface area contributed by atoms with Gasteiger partial charge >= 0.3 is 0 Å². The monoisotopic (exact) mass is 213 g/mol. The Kier molecular flexibility index (Phi) is 3.31. The molecule has 0 fully saturated rings. The summed E-state index contributed by atoms with van der Waals surface area (Å²) in [5, 5.41) is 2.32. The Morgan fingerprint density at radius 1 is 1.12 bits per heavy atom. The van der Waals surface area contributed by atoms with Gasteiger partial charge < -0.3 is 4.74 Å². The average Bonchev–Trinajstić information content (AvgIpc) is 2.34. The van der Waals surface area contributed by atoms with Crippen molar-refractivity contribution in [1.29, 1.82) is 0 Å². The molecule has 0 heterocycles. The van der Waals surface area contributed by atoms with E-state index in [1.165, 1.54) is 11.5 Å². The average molecular weight is 213 g/mol. The Balaban J connectivity index is 2.10. The highest BCUT2D eigenvalue weighted by atomic mass is 16.5. The van der Waals surface area contributed by atoms with Crippen LogP contribution >= 0.6 is 0 Å². The first kappa shape index (κ1) is 10.4. The van der Waals surface area contributed by atoms with Crippen LogP contribution in [0.15, 0.2) is 47.5 Å². The molecule has 80 valence electrons. The highest BCUT2D eigenvalue weighted by Crippen LogP contribution is 2.20. The second kappa shape index (κ2) is 5.10. The number of benzene rings is 2. The van der Waals surface area contributed by atoms with Crippen LogP contribution in [0.5, 0.6) is 5.75 Å². The predicted octanol–water partition coefficient (Wildman–Crippen LogP) is 2.55. The van der Waals surface area contributed by atoms with Crippen molar-refractivity contribution in [2.24, 2.45) is 4.99 Å². The van der Waals surface area contributed by atoms with Crippen LogP contribution in [-0.2, 0) is 4.79 Å². The number of hydrogen-bond acceptors (Lipinski definition) is 3. The van der Waals surface area contributed by atoms with Crippen molar-refractivity contribution < 1.29 is 9.53 Å². The van der Waals surface area contributed by atoms with E-state index in [2.05, 4.69) is 11.1 Å². The minimum Gasteiger partial charge on any atom is -0.492 e. The number of fused-ring (bicyclic) bond motifs is 1. The summed E-state index contributed by atoms with van der Waals surface area (Å²) in [6, 6.07) is 14.0. The molecule has 16 heavy (non-hydrogen) atoms. The molecular formula is C13H11NO2. The fourth-order valence-corrected chi connectivity index (χ4v) is 1.51. The SMILES string of the molecule is O=C=NCCOc1ccc2ccccc2c1. The van der Waals surface area contributed by atoms with Crippen LogP contribution in [0, 0.1) is 0 Å². The third-order valence-electron chi connectivity index (χ3n) is 2.26. The van der Waals surface area contributed by atoms with Gasteiger partial charge in [0.05, 0.1) is 6.54 Å². The lowest BCUT2D eigenvalue weighted by Gasteiger charge is -2.05. The van der Waals surface area contributed by atoms with Crippen molar-refractivity contribution in [3.05, 3.63) is 42.5 Å². The predicted molar refractivity (Wildman–Crippen MR) is 62.4 cm³/mol. The summed E-state index contributed by atoms with van der Waals surface area (Å²) in [6.45, 7) is 0.740. The third kappa shape index (κ3) is 2.47. The smallest absolute Gasteiger partial charge is 0.235 e. The van der Waals surface area contributed by atoms with E-state index < -0.39 is 0 Å². The van der Waals surface area contributed by atoms with E-state index in [4.69, 9.17) is 4.74 Å². The van der Waals surface area contributed by atoms with Crippen LogP contribution < -0.4 is 4.74 Å². The molecule has 0 saturated heterocycles. The highest BCUT2D eigenvalue weighted by Gasteiger charge is 1.96. The van der Waals surface area contributed by atoms with Gasteiger partial charge in [0.2, 0.25) is 6.08 Å². The van der Waals surface area contributed by atoms with Crippen LogP contribution in [0.3, 0.4) is 0 Å². The van der Waals surface area contributed by atoms with E-state index in [0.717, 1.165) is 11.1 Å². The molecule has 2 rings (SSSR count). The highest BCUT2D eigenvalue weighted by molar-refractivity contribution is 5.83. The van der Waals surface area contributed by atoms with Crippen molar-refractivity contribution in [2.45, 2.75) is 0 Å². The van der Waals surface area contributed by atoms with Gasteiger partial charge in [-0.25, -0.2) is 9.79 Å². The Morgan fingerprint density at radius 2 is 1.94 bits per heavy atom. The van der Waals surface area contributed by atoms with E-state index in [1.54, 1.807) is 0 Å². The van der Waals surface area contributed by atoms with E-state index >= 15 is 0 Å². The first-order chi connectivity index (χ1) is 7.90. The Labute approximate surface area is 93.4 Å². The van der Waals surface area contributed by atoms with Gasteiger partial charge in [0.1, 0.15) is 12.4 Å². The maximum absolute atomic E-state index is 9.84. The molecule has 3 nitrogen and oxygen atoms in total. The van der Waals surface area contributed by atoms with Gasteiger partial charge in [-0.15, -0.1) is 0 Å². The molecule has 3 heteroatoms. The summed E-state index contributed by atoms with van der Waals surface area (Å²) in [5.41, 5.74) is 0. The number of carbonyl (C=O) groups excluding carboxylic acids is 1. The van der Waals surface area contributed by atoms with Crippen LogP contribution in [0.25, 0.3) is 10.8 Å². The number of ether oxygens (including phenoxy) is 1. The molecule has 0 radical (unpaired) electrons. The summed E-state index contributed by atoms with van der Waals surface area (Å²) in [4.78, 5) is 13.3. The summed E-state index contributed by atoms with van der Waals surface area (Å²) in [6.07, 6.45) is 1.48. The molecule has 0 aromatic heterocycles. The molecule has 0 atom stereocenters. The largest absolute Gasteiger partial charge is 0.492 e. The molecular weight excluding hydrogens is 202 g/mol.